The zero-order valence-corrected chi connectivity index (χ0v) is 13.8. The van der Waals surface area contributed by atoms with E-state index in [0.29, 0.717) is 0 Å². The molecule has 0 aliphatic rings. The summed E-state index contributed by atoms with van der Waals surface area (Å²) < 4.78 is 0. The fourth-order valence-corrected chi connectivity index (χ4v) is 2.66. The smallest absolute Gasteiger partial charge is 0.279 e. The topological polar surface area (TPSA) is 29.1 Å². The molecule has 0 fully saturated rings. The maximum atomic E-state index is 11.9. The molecule has 18 heavy (non-hydrogen) atoms. The van der Waals surface area contributed by atoms with Gasteiger partial charge < -0.3 is 5.32 Å². The van der Waals surface area contributed by atoms with Gasteiger partial charge in [0.1, 0.15) is 0 Å². The van der Waals surface area contributed by atoms with Crippen molar-refractivity contribution >= 4 is 17.0 Å². The molecule has 1 N–H and O–H groups in total. The Hall–Kier alpha value is -0.440. The number of hydrogen-bond donors (Lipinski definition) is 1. The molecule has 0 aromatic heterocycles. The predicted molar refractivity (Wildman–Crippen MR) is 83.1 cm³/mol. The quantitative estimate of drug-likeness (QED) is 0.740. The van der Waals surface area contributed by atoms with E-state index in [1.807, 2.05) is 6.92 Å². The van der Waals surface area contributed by atoms with E-state index < -0.39 is 0 Å². The van der Waals surface area contributed by atoms with Crippen LogP contribution in [0.2, 0.25) is 0 Å². The highest BCUT2D eigenvalue weighted by molar-refractivity contribution is 8.14. The van der Waals surface area contributed by atoms with Crippen LogP contribution in [0.4, 0.5) is 4.79 Å². The van der Waals surface area contributed by atoms with Crippen molar-refractivity contribution in [1.82, 2.24) is 5.32 Å². The summed E-state index contributed by atoms with van der Waals surface area (Å²) in [5.74, 6) is 0. The second-order valence-corrected chi connectivity index (χ2v) is 8.31. The van der Waals surface area contributed by atoms with Gasteiger partial charge in [-0.15, -0.1) is 0 Å². The lowest BCUT2D eigenvalue weighted by atomic mass is 9.88. The molecule has 0 aliphatic heterocycles. The molecule has 1 amide bonds. The molecule has 0 aromatic carbocycles. The summed E-state index contributed by atoms with van der Waals surface area (Å²) in [5.41, 5.74) is 1.37. The van der Waals surface area contributed by atoms with Crippen LogP contribution in [-0.2, 0) is 0 Å². The SMILES string of the molecule is C=C(C)C(SC(=O)NCCC(C)(C)C)C(C)(C)C. The van der Waals surface area contributed by atoms with Crippen LogP contribution in [0.25, 0.3) is 0 Å². The number of thioether (sulfide) groups is 1. The minimum atomic E-state index is 0.0534. The van der Waals surface area contributed by atoms with Gasteiger partial charge in [-0.3, -0.25) is 4.79 Å². The highest BCUT2D eigenvalue weighted by Crippen LogP contribution is 2.35. The third kappa shape index (κ3) is 7.80. The Balaban J connectivity index is 4.25. The molecule has 0 heterocycles. The van der Waals surface area contributed by atoms with E-state index in [0.717, 1.165) is 18.5 Å². The lowest BCUT2D eigenvalue weighted by Crippen LogP contribution is -2.30. The van der Waals surface area contributed by atoms with Crippen molar-refractivity contribution in [3.63, 3.8) is 0 Å². The molecule has 0 rings (SSSR count). The summed E-state index contributed by atoms with van der Waals surface area (Å²) in [4.78, 5) is 11.9. The van der Waals surface area contributed by atoms with E-state index in [4.69, 9.17) is 0 Å². The maximum Gasteiger partial charge on any atom is 0.279 e. The molecule has 106 valence electrons. The third-order valence-electron chi connectivity index (χ3n) is 2.60. The first-order chi connectivity index (χ1) is 7.93. The largest absolute Gasteiger partial charge is 0.347 e. The molecule has 0 aromatic rings. The lowest BCUT2D eigenvalue weighted by molar-refractivity contribution is 0.258. The first-order valence-electron chi connectivity index (χ1n) is 6.53. The average Bonchev–Trinajstić information content (AvgIpc) is 2.09. The van der Waals surface area contributed by atoms with Crippen LogP contribution in [0.15, 0.2) is 12.2 Å². The molecule has 1 atom stereocenters. The van der Waals surface area contributed by atoms with Gasteiger partial charge in [0.25, 0.3) is 5.24 Å². The maximum absolute atomic E-state index is 11.9. The van der Waals surface area contributed by atoms with Gasteiger partial charge in [-0.05, 0) is 24.2 Å². The van der Waals surface area contributed by atoms with E-state index in [1.54, 1.807) is 0 Å². The van der Waals surface area contributed by atoms with E-state index >= 15 is 0 Å². The van der Waals surface area contributed by atoms with Gasteiger partial charge in [-0.2, -0.15) is 0 Å². The Labute approximate surface area is 117 Å². The molecular formula is C15H29NOS. The molecular weight excluding hydrogens is 242 g/mol. The van der Waals surface area contributed by atoms with E-state index in [-0.39, 0.29) is 21.3 Å². The minimum Gasteiger partial charge on any atom is -0.347 e. The number of hydrogen-bond acceptors (Lipinski definition) is 2. The first kappa shape index (κ1) is 17.6. The van der Waals surface area contributed by atoms with Gasteiger partial charge in [-0.1, -0.05) is 65.5 Å². The molecule has 0 bridgehead atoms. The van der Waals surface area contributed by atoms with Gasteiger partial charge in [0.05, 0.1) is 0 Å². The summed E-state index contributed by atoms with van der Waals surface area (Å²) in [6.45, 7) is 19.7. The Morgan fingerprint density at radius 3 is 2.06 bits per heavy atom. The Morgan fingerprint density at radius 1 is 1.22 bits per heavy atom. The van der Waals surface area contributed by atoms with Crippen LogP contribution in [0.3, 0.4) is 0 Å². The highest BCUT2D eigenvalue weighted by atomic mass is 32.2. The molecule has 1 unspecified atom stereocenters. The van der Waals surface area contributed by atoms with Gasteiger partial charge in [0.2, 0.25) is 0 Å². The van der Waals surface area contributed by atoms with Crippen LogP contribution in [-0.4, -0.2) is 17.0 Å². The van der Waals surface area contributed by atoms with Crippen molar-refractivity contribution in [2.75, 3.05) is 6.54 Å². The van der Waals surface area contributed by atoms with Crippen molar-refractivity contribution in [3.05, 3.63) is 12.2 Å². The van der Waals surface area contributed by atoms with Crippen LogP contribution >= 0.6 is 11.8 Å². The van der Waals surface area contributed by atoms with Crippen LogP contribution < -0.4 is 5.32 Å². The fraction of sp³-hybridized carbons (Fsp3) is 0.800. The first-order valence-corrected chi connectivity index (χ1v) is 7.41. The Morgan fingerprint density at radius 2 is 1.72 bits per heavy atom. The van der Waals surface area contributed by atoms with Crippen molar-refractivity contribution in [1.29, 1.82) is 0 Å². The summed E-state index contributed by atoms with van der Waals surface area (Å²) in [6, 6.07) is 0. The van der Waals surface area contributed by atoms with E-state index in [2.05, 4.69) is 53.4 Å². The highest BCUT2D eigenvalue weighted by Gasteiger charge is 2.28. The summed E-state index contributed by atoms with van der Waals surface area (Å²) in [6.07, 6.45) is 0.993. The molecule has 0 saturated heterocycles. The van der Waals surface area contributed by atoms with Gasteiger partial charge in [0, 0.05) is 11.8 Å². The van der Waals surface area contributed by atoms with Crippen molar-refractivity contribution in [2.45, 2.75) is 60.1 Å². The van der Waals surface area contributed by atoms with E-state index in [1.165, 1.54) is 11.8 Å². The zero-order chi connectivity index (χ0) is 14.6. The Kier molecular flexibility index (Phi) is 6.48. The van der Waals surface area contributed by atoms with Gasteiger partial charge in [0.15, 0.2) is 0 Å². The average molecular weight is 271 g/mol. The molecule has 0 aliphatic carbocycles. The minimum absolute atomic E-state index is 0.0534. The standard InChI is InChI=1S/C15H29NOS/c1-11(2)12(15(6,7)8)18-13(17)16-10-9-14(3,4)5/h12H,1,9-10H2,2-8H3,(H,16,17). The van der Waals surface area contributed by atoms with Crippen molar-refractivity contribution < 1.29 is 4.79 Å². The number of amides is 1. The van der Waals surface area contributed by atoms with Crippen LogP contribution in [0, 0.1) is 10.8 Å². The summed E-state index contributed by atoms with van der Waals surface area (Å²) in [7, 11) is 0. The van der Waals surface area contributed by atoms with Gasteiger partial charge >= 0.3 is 0 Å². The number of rotatable bonds is 4. The molecule has 2 nitrogen and oxygen atoms in total. The number of carbonyl (C=O) groups excluding carboxylic acids is 1. The number of nitrogens with one attached hydrogen (secondary N) is 1. The second-order valence-electron chi connectivity index (χ2n) is 7.24. The van der Waals surface area contributed by atoms with Crippen LogP contribution in [0.1, 0.15) is 54.9 Å². The van der Waals surface area contributed by atoms with Gasteiger partial charge in [-0.25, -0.2) is 0 Å². The van der Waals surface area contributed by atoms with E-state index in [9.17, 15) is 4.79 Å². The third-order valence-corrected chi connectivity index (χ3v) is 4.31. The number of carbonyl (C=O) groups is 1. The Bertz CT molecular complexity index is 297. The fourth-order valence-electron chi connectivity index (χ4n) is 1.70. The van der Waals surface area contributed by atoms with Crippen molar-refractivity contribution in [2.24, 2.45) is 10.8 Å². The monoisotopic (exact) mass is 271 g/mol. The van der Waals surface area contributed by atoms with Crippen LogP contribution in [0.5, 0.6) is 0 Å². The lowest BCUT2D eigenvalue weighted by Gasteiger charge is -2.30. The second kappa shape index (κ2) is 6.65. The molecule has 0 saturated carbocycles. The normalized spacial score (nSPS) is 14.2. The molecule has 0 spiro atoms. The zero-order valence-electron chi connectivity index (χ0n) is 13.0. The molecule has 0 radical (unpaired) electrons. The predicted octanol–water partition coefficient (Wildman–Crippen LogP) is 4.86. The summed E-state index contributed by atoms with van der Waals surface area (Å²) >= 11 is 1.36. The molecule has 3 heteroatoms. The summed E-state index contributed by atoms with van der Waals surface area (Å²) in [5, 5.41) is 3.20. The van der Waals surface area contributed by atoms with Crippen molar-refractivity contribution in [3.8, 4) is 0 Å².